The fraction of sp³-hybridized carbons (Fsp3) is 0.650. The van der Waals surface area contributed by atoms with E-state index < -0.39 is 10.5 Å². The molecular formula is C20H27N3O4. The average molecular weight is 373 g/mol. The third-order valence-electron chi connectivity index (χ3n) is 6.55. The molecule has 4 aliphatic rings. The van der Waals surface area contributed by atoms with Gasteiger partial charge in [-0.2, -0.15) is 0 Å². The van der Waals surface area contributed by atoms with Gasteiger partial charge in [-0.15, -0.1) is 0 Å². The molecule has 4 saturated carbocycles. The van der Waals surface area contributed by atoms with Gasteiger partial charge in [-0.1, -0.05) is 12.1 Å². The molecule has 4 aliphatic carbocycles. The maximum atomic E-state index is 12.5. The van der Waals surface area contributed by atoms with Crippen molar-refractivity contribution < 1.29 is 14.8 Å². The molecule has 0 aliphatic heterocycles. The molecule has 146 valence electrons. The monoisotopic (exact) mass is 373 g/mol. The molecule has 0 spiro atoms. The molecule has 27 heavy (non-hydrogen) atoms. The summed E-state index contributed by atoms with van der Waals surface area (Å²) in [6.07, 6.45) is 6.40. The van der Waals surface area contributed by atoms with E-state index in [1.807, 2.05) is 0 Å². The van der Waals surface area contributed by atoms with Crippen molar-refractivity contribution in [2.75, 3.05) is 18.4 Å². The van der Waals surface area contributed by atoms with Gasteiger partial charge in [0, 0.05) is 25.6 Å². The number of hydrogen-bond acceptors (Lipinski definition) is 5. The number of hydrogen-bond donors (Lipinski definition) is 3. The third kappa shape index (κ3) is 3.78. The van der Waals surface area contributed by atoms with E-state index in [1.54, 1.807) is 18.2 Å². The van der Waals surface area contributed by atoms with Crippen LogP contribution in [0.15, 0.2) is 24.3 Å². The lowest BCUT2D eigenvalue weighted by molar-refractivity contribution is -0.384. The number of carbonyl (C=O) groups excluding carboxylic acids is 1. The van der Waals surface area contributed by atoms with Crippen LogP contribution in [-0.4, -0.2) is 34.6 Å². The highest BCUT2D eigenvalue weighted by Gasteiger charge is 2.57. The van der Waals surface area contributed by atoms with E-state index in [2.05, 4.69) is 10.6 Å². The molecule has 1 aromatic carbocycles. The summed E-state index contributed by atoms with van der Waals surface area (Å²) < 4.78 is 0. The van der Waals surface area contributed by atoms with Crippen molar-refractivity contribution in [2.24, 2.45) is 17.3 Å². The van der Waals surface area contributed by atoms with Gasteiger partial charge in [0.2, 0.25) is 5.91 Å². The molecule has 2 atom stereocenters. The first kappa shape index (κ1) is 18.2. The second-order valence-electron chi connectivity index (χ2n) is 8.91. The van der Waals surface area contributed by atoms with Crippen molar-refractivity contribution >= 4 is 17.3 Å². The zero-order valence-electron chi connectivity index (χ0n) is 15.4. The summed E-state index contributed by atoms with van der Waals surface area (Å²) >= 11 is 0. The molecule has 5 rings (SSSR count). The van der Waals surface area contributed by atoms with Crippen LogP contribution in [0.5, 0.6) is 0 Å². The van der Waals surface area contributed by atoms with E-state index in [4.69, 9.17) is 0 Å². The summed E-state index contributed by atoms with van der Waals surface area (Å²) in [5, 5.41) is 27.8. The molecule has 3 N–H and O–H groups in total. The molecule has 0 saturated heterocycles. The van der Waals surface area contributed by atoms with Crippen LogP contribution in [0.3, 0.4) is 0 Å². The Balaban J connectivity index is 1.27. The number of anilines is 1. The lowest BCUT2D eigenvalue weighted by Crippen LogP contribution is -2.56. The summed E-state index contributed by atoms with van der Waals surface area (Å²) in [6, 6.07) is 6.49. The van der Waals surface area contributed by atoms with E-state index in [0.29, 0.717) is 37.0 Å². The zero-order valence-corrected chi connectivity index (χ0v) is 15.4. The predicted molar refractivity (Wildman–Crippen MR) is 101 cm³/mol. The average Bonchev–Trinajstić information content (AvgIpc) is 2.56. The number of nitrogens with one attached hydrogen (secondary N) is 2. The predicted octanol–water partition coefficient (Wildman–Crippen LogP) is 2.84. The first-order valence-electron chi connectivity index (χ1n) is 9.83. The van der Waals surface area contributed by atoms with Crippen molar-refractivity contribution in [3.8, 4) is 0 Å². The highest BCUT2D eigenvalue weighted by molar-refractivity contribution is 5.77. The lowest BCUT2D eigenvalue weighted by Gasteiger charge is -2.60. The fourth-order valence-corrected chi connectivity index (χ4v) is 6.19. The number of amides is 1. The van der Waals surface area contributed by atoms with Gasteiger partial charge in [-0.25, -0.2) is 0 Å². The van der Waals surface area contributed by atoms with E-state index >= 15 is 0 Å². The number of aliphatic hydroxyl groups is 1. The molecule has 0 radical (unpaired) electrons. The molecule has 4 bridgehead atoms. The van der Waals surface area contributed by atoms with Crippen LogP contribution < -0.4 is 10.6 Å². The van der Waals surface area contributed by atoms with Gasteiger partial charge in [-0.05, 0) is 61.8 Å². The number of carbonyl (C=O) groups is 1. The summed E-state index contributed by atoms with van der Waals surface area (Å²) in [7, 11) is 0. The number of nitrogens with zero attached hydrogens (tertiary/aromatic N) is 1. The molecule has 7 heteroatoms. The maximum absolute atomic E-state index is 12.5. The Kier molecular flexibility index (Phi) is 4.58. The SMILES string of the molecule is O=C(CC12CC3CC(CC(O)(C3)C1)C2)NCCNc1ccccc1[N+](=O)[O-]. The largest absolute Gasteiger partial charge is 0.390 e. The Labute approximate surface area is 158 Å². The van der Waals surface area contributed by atoms with Gasteiger partial charge < -0.3 is 15.7 Å². The second-order valence-corrected chi connectivity index (χ2v) is 8.91. The number of rotatable bonds is 7. The number of nitro benzene ring substituents is 1. The molecule has 7 nitrogen and oxygen atoms in total. The Bertz CT molecular complexity index is 736. The van der Waals surface area contributed by atoms with E-state index in [9.17, 15) is 20.0 Å². The minimum absolute atomic E-state index is 0.0184. The maximum Gasteiger partial charge on any atom is 0.292 e. The quantitative estimate of drug-likeness (QED) is 0.387. The molecular weight excluding hydrogens is 346 g/mol. The van der Waals surface area contributed by atoms with Gasteiger partial charge in [-0.3, -0.25) is 14.9 Å². The minimum Gasteiger partial charge on any atom is -0.390 e. The Morgan fingerprint density at radius 1 is 1.19 bits per heavy atom. The van der Waals surface area contributed by atoms with Gasteiger partial charge in [0.1, 0.15) is 5.69 Å². The lowest BCUT2D eigenvalue weighted by atomic mass is 9.47. The first-order chi connectivity index (χ1) is 12.9. The Morgan fingerprint density at radius 2 is 1.89 bits per heavy atom. The van der Waals surface area contributed by atoms with Gasteiger partial charge in [0.25, 0.3) is 5.69 Å². The summed E-state index contributed by atoms with van der Waals surface area (Å²) in [4.78, 5) is 23.1. The Morgan fingerprint density at radius 3 is 2.56 bits per heavy atom. The van der Waals surface area contributed by atoms with Crippen LogP contribution in [0, 0.1) is 27.4 Å². The van der Waals surface area contributed by atoms with Crippen LogP contribution in [0.2, 0.25) is 0 Å². The van der Waals surface area contributed by atoms with E-state index in [1.165, 1.54) is 12.5 Å². The van der Waals surface area contributed by atoms with E-state index in [0.717, 1.165) is 32.1 Å². The molecule has 4 fully saturated rings. The third-order valence-corrected chi connectivity index (χ3v) is 6.55. The molecule has 2 unspecified atom stereocenters. The van der Waals surface area contributed by atoms with Crippen molar-refractivity contribution in [2.45, 2.75) is 50.5 Å². The number of para-hydroxylation sites is 2. The molecule has 0 heterocycles. The van der Waals surface area contributed by atoms with Crippen LogP contribution in [0.25, 0.3) is 0 Å². The zero-order chi connectivity index (χ0) is 19.1. The summed E-state index contributed by atoms with van der Waals surface area (Å²) in [5.41, 5.74) is -0.0853. The topological polar surface area (TPSA) is 104 Å². The van der Waals surface area contributed by atoms with Crippen LogP contribution >= 0.6 is 0 Å². The van der Waals surface area contributed by atoms with Gasteiger partial charge in [0.05, 0.1) is 10.5 Å². The van der Waals surface area contributed by atoms with Crippen molar-refractivity contribution in [1.82, 2.24) is 5.32 Å². The van der Waals surface area contributed by atoms with Crippen LogP contribution in [0.1, 0.15) is 44.9 Å². The normalized spacial score (nSPS) is 33.7. The highest BCUT2D eigenvalue weighted by atomic mass is 16.6. The smallest absolute Gasteiger partial charge is 0.292 e. The molecule has 0 aromatic heterocycles. The number of nitro groups is 1. The first-order valence-corrected chi connectivity index (χ1v) is 9.83. The number of benzene rings is 1. The van der Waals surface area contributed by atoms with E-state index in [-0.39, 0.29) is 17.0 Å². The standard InChI is InChI=1S/C20H27N3O4/c24-18(22-6-5-21-16-3-1-2-4-17(16)23(26)27)12-19-8-14-7-15(9-19)11-20(25,10-14)13-19/h1-4,14-15,21,25H,5-13H2,(H,22,24). The summed E-state index contributed by atoms with van der Waals surface area (Å²) in [5.74, 6) is 1.17. The van der Waals surface area contributed by atoms with Crippen molar-refractivity contribution in [1.29, 1.82) is 0 Å². The van der Waals surface area contributed by atoms with Crippen molar-refractivity contribution in [3.05, 3.63) is 34.4 Å². The second kappa shape index (κ2) is 6.78. The van der Waals surface area contributed by atoms with Crippen molar-refractivity contribution in [3.63, 3.8) is 0 Å². The van der Waals surface area contributed by atoms with Gasteiger partial charge >= 0.3 is 0 Å². The highest BCUT2D eigenvalue weighted by Crippen LogP contribution is 2.62. The molecule has 1 aromatic rings. The Hall–Kier alpha value is -2.15. The van der Waals surface area contributed by atoms with Gasteiger partial charge in [0.15, 0.2) is 0 Å². The molecule has 1 amide bonds. The van der Waals surface area contributed by atoms with Crippen LogP contribution in [-0.2, 0) is 4.79 Å². The minimum atomic E-state index is -0.543. The fourth-order valence-electron chi connectivity index (χ4n) is 6.19. The summed E-state index contributed by atoms with van der Waals surface area (Å²) in [6.45, 7) is 0.844. The van der Waals surface area contributed by atoms with Crippen LogP contribution in [0.4, 0.5) is 11.4 Å².